The van der Waals surface area contributed by atoms with Gasteiger partial charge in [-0.1, -0.05) is 30.3 Å². The van der Waals surface area contributed by atoms with Crippen LogP contribution >= 0.6 is 0 Å². The van der Waals surface area contributed by atoms with Crippen molar-refractivity contribution in [2.75, 3.05) is 5.73 Å². The largest absolute Gasteiger partial charge is 0.397 e. The van der Waals surface area contributed by atoms with Gasteiger partial charge in [0.25, 0.3) is 0 Å². The van der Waals surface area contributed by atoms with Gasteiger partial charge in [-0.05, 0) is 43.4 Å². The number of nitrogens with two attached hydrogens (primary N) is 1. The first-order chi connectivity index (χ1) is 11.1. The van der Waals surface area contributed by atoms with E-state index in [-0.39, 0.29) is 11.9 Å². The van der Waals surface area contributed by atoms with Gasteiger partial charge in [0.1, 0.15) is 0 Å². The Morgan fingerprint density at radius 1 is 1.26 bits per heavy atom. The lowest BCUT2D eigenvalue weighted by Gasteiger charge is -2.29. The molecule has 3 rings (SSSR count). The van der Waals surface area contributed by atoms with E-state index in [2.05, 4.69) is 24.0 Å². The molecule has 0 spiro atoms. The average molecular weight is 309 g/mol. The molecular weight excluding hydrogens is 286 g/mol. The van der Waals surface area contributed by atoms with E-state index in [9.17, 15) is 4.79 Å². The minimum atomic E-state index is 0.130. The van der Waals surface area contributed by atoms with E-state index in [1.807, 2.05) is 29.2 Å². The number of anilines is 1. The number of hydrogen-bond acceptors (Lipinski definition) is 3. The smallest absolute Gasteiger partial charge is 0.229 e. The van der Waals surface area contributed by atoms with Gasteiger partial charge in [0.15, 0.2) is 0 Å². The third kappa shape index (κ3) is 4.09. The van der Waals surface area contributed by atoms with Gasteiger partial charge in [-0.3, -0.25) is 9.78 Å². The van der Waals surface area contributed by atoms with Crippen LogP contribution in [0.15, 0.2) is 48.7 Å². The van der Waals surface area contributed by atoms with Gasteiger partial charge in [0.2, 0.25) is 5.91 Å². The highest BCUT2D eigenvalue weighted by Gasteiger charge is 2.34. The summed E-state index contributed by atoms with van der Waals surface area (Å²) in [5, 5.41) is 0. The summed E-state index contributed by atoms with van der Waals surface area (Å²) in [4.78, 5) is 19.1. The summed E-state index contributed by atoms with van der Waals surface area (Å²) in [7, 11) is 0. The molecule has 4 heteroatoms. The van der Waals surface area contributed by atoms with Crippen LogP contribution in [0, 0.1) is 5.92 Å². The number of nitrogens with zero attached hydrogens (tertiary/aromatic N) is 2. The Bertz CT molecular complexity index is 650. The summed E-state index contributed by atoms with van der Waals surface area (Å²) in [5.41, 5.74) is 8.21. The molecule has 0 radical (unpaired) electrons. The van der Waals surface area contributed by atoms with Crippen LogP contribution in [-0.4, -0.2) is 21.8 Å². The lowest BCUT2D eigenvalue weighted by atomic mass is 10.1. The van der Waals surface area contributed by atoms with Crippen molar-refractivity contribution in [3.8, 4) is 0 Å². The SMILES string of the molecule is CC(C1CC1)N(Cc1ccccc1)C(=O)Cc1ccc(N)cn1. The molecule has 1 aliphatic carbocycles. The van der Waals surface area contributed by atoms with E-state index in [1.165, 1.54) is 18.4 Å². The zero-order valence-corrected chi connectivity index (χ0v) is 13.5. The molecule has 1 saturated carbocycles. The van der Waals surface area contributed by atoms with Crippen molar-refractivity contribution < 1.29 is 4.79 Å². The molecule has 1 unspecified atom stereocenters. The molecule has 0 aliphatic heterocycles. The lowest BCUT2D eigenvalue weighted by molar-refractivity contribution is -0.133. The monoisotopic (exact) mass is 309 g/mol. The van der Waals surface area contributed by atoms with E-state index in [1.54, 1.807) is 12.3 Å². The van der Waals surface area contributed by atoms with Gasteiger partial charge < -0.3 is 10.6 Å². The van der Waals surface area contributed by atoms with E-state index in [0.29, 0.717) is 24.6 Å². The van der Waals surface area contributed by atoms with Crippen LogP contribution in [0.4, 0.5) is 5.69 Å². The maximum Gasteiger partial charge on any atom is 0.229 e. The maximum absolute atomic E-state index is 12.8. The van der Waals surface area contributed by atoms with Gasteiger partial charge in [-0.15, -0.1) is 0 Å². The predicted octanol–water partition coefficient (Wildman–Crippen LogP) is 3.03. The summed E-state index contributed by atoms with van der Waals surface area (Å²) >= 11 is 0. The highest BCUT2D eigenvalue weighted by Crippen LogP contribution is 2.35. The average Bonchev–Trinajstić information content (AvgIpc) is 3.40. The van der Waals surface area contributed by atoms with Crippen LogP contribution in [0.5, 0.6) is 0 Å². The molecule has 4 nitrogen and oxygen atoms in total. The van der Waals surface area contributed by atoms with Gasteiger partial charge in [0, 0.05) is 18.3 Å². The van der Waals surface area contributed by atoms with Crippen LogP contribution in [0.1, 0.15) is 31.0 Å². The lowest BCUT2D eigenvalue weighted by Crippen LogP contribution is -2.40. The van der Waals surface area contributed by atoms with Gasteiger partial charge in [-0.2, -0.15) is 0 Å². The molecular formula is C19H23N3O. The van der Waals surface area contributed by atoms with Crippen molar-refractivity contribution in [1.29, 1.82) is 0 Å². The molecule has 1 aromatic carbocycles. The molecule has 0 bridgehead atoms. The van der Waals surface area contributed by atoms with Crippen molar-refractivity contribution in [3.63, 3.8) is 0 Å². The van der Waals surface area contributed by atoms with Crippen molar-refractivity contribution in [1.82, 2.24) is 9.88 Å². The Morgan fingerprint density at radius 3 is 2.61 bits per heavy atom. The second-order valence-corrected chi connectivity index (χ2v) is 6.34. The quantitative estimate of drug-likeness (QED) is 0.892. The number of aromatic nitrogens is 1. The summed E-state index contributed by atoms with van der Waals surface area (Å²) in [6, 6.07) is 14.1. The van der Waals surface area contributed by atoms with Crippen molar-refractivity contribution in [2.24, 2.45) is 5.92 Å². The fourth-order valence-corrected chi connectivity index (χ4v) is 2.87. The van der Waals surface area contributed by atoms with Gasteiger partial charge in [0.05, 0.1) is 18.3 Å². The number of rotatable bonds is 6. The Kier molecular flexibility index (Phi) is 4.60. The molecule has 2 N–H and O–H groups in total. The number of carbonyl (C=O) groups excluding carboxylic acids is 1. The highest BCUT2D eigenvalue weighted by atomic mass is 16.2. The molecule has 1 fully saturated rings. The number of nitrogen functional groups attached to an aromatic ring is 1. The van der Waals surface area contributed by atoms with E-state index >= 15 is 0 Å². The minimum absolute atomic E-state index is 0.130. The molecule has 23 heavy (non-hydrogen) atoms. The second-order valence-electron chi connectivity index (χ2n) is 6.34. The van der Waals surface area contributed by atoms with E-state index in [4.69, 9.17) is 5.73 Å². The summed E-state index contributed by atoms with van der Waals surface area (Å²) < 4.78 is 0. The Morgan fingerprint density at radius 2 is 2.00 bits per heavy atom. The summed E-state index contributed by atoms with van der Waals surface area (Å²) in [6.07, 6.45) is 4.37. The zero-order valence-electron chi connectivity index (χ0n) is 13.5. The van der Waals surface area contributed by atoms with Crippen molar-refractivity contribution in [2.45, 2.75) is 38.8 Å². The van der Waals surface area contributed by atoms with Gasteiger partial charge in [-0.25, -0.2) is 0 Å². The molecule has 2 aromatic rings. The van der Waals surface area contributed by atoms with Crippen molar-refractivity contribution >= 4 is 11.6 Å². The highest BCUT2D eigenvalue weighted by molar-refractivity contribution is 5.78. The Hall–Kier alpha value is -2.36. The molecule has 1 aromatic heterocycles. The number of pyridine rings is 1. The van der Waals surface area contributed by atoms with Crippen LogP contribution in [0.25, 0.3) is 0 Å². The predicted molar refractivity (Wildman–Crippen MR) is 91.5 cm³/mol. The normalized spacial score (nSPS) is 15.2. The minimum Gasteiger partial charge on any atom is -0.397 e. The first kappa shape index (κ1) is 15.5. The number of amides is 1. The number of benzene rings is 1. The summed E-state index contributed by atoms with van der Waals surface area (Å²) in [5.74, 6) is 0.771. The fourth-order valence-electron chi connectivity index (χ4n) is 2.87. The number of hydrogen-bond donors (Lipinski definition) is 1. The van der Waals surface area contributed by atoms with E-state index in [0.717, 1.165) is 5.69 Å². The fraction of sp³-hybridized carbons (Fsp3) is 0.368. The third-order valence-corrected chi connectivity index (χ3v) is 4.49. The Labute approximate surface area is 137 Å². The van der Waals surface area contributed by atoms with Gasteiger partial charge >= 0.3 is 0 Å². The Balaban J connectivity index is 1.73. The number of carbonyl (C=O) groups is 1. The molecule has 1 aliphatic rings. The maximum atomic E-state index is 12.8. The molecule has 1 atom stereocenters. The third-order valence-electron chi connectivity index (χ3n) is 4.49. The second kappa shape index (κ2) is 6.82. The molecule has 1 heterocycles. The summed E-state index contributed by atoms with van der Waals surface area (Å²) in [6.45, 7) is 2.82. The van der Waals surface area contributed by atoms with Crippen molar-refractivity contribution in [3.05, 3.63) is 59.9 Å². The van der Waals surface area contributed by atoms with Crippen LogP contribution in [0.2, 0.25) is 0 Å². The van der Waals surface area contributed by atoms with Crippen LogP contribution < -0.4 is 5.73 Å². The first-order valence-corrected chi connectivity index (χ1v) is 8.17. The van der Waals surface area contributed by atoms with Crippen LogP contribution in [-0.2, 0) is 17.8 Å². The molecule has 120 valence electrons. The topological polar surface area (TPSA) is 59.2 Å². The molecule has 0 saturated heterocycles. The standard InChI is InChI=1S/C19H23N3O/c1-14(16-7-8-16)22(13-15-5-3-2-4-6-15)19(23)11-18-10-9-17(20)12-21-18/h2-6,9-10,12,14,16H,7-8,11,13,20H2,1H3. The van der Waals surface area contributed by atoms with E-state index < -0.39 is 0 Å². The molecule has 1 amide bonds. The first-order valence-electron chi connectivity index (χ1n) is 8.17. The zero-order chi connectivity index (χ0) is 16.2. The van der Waals surface area contributed by atoms with Crippen LogP contribution in [0.3, 0.4) is 0 Å².